The van der Waals surface area contributed by atoms with Gasteiger partial charge in [0.1, 0.15) is 11.9 Å². The summed E-state index contributed by atoms with van der Waals surface area (Å²) < 4.78 is 13.4. The van der Waals surface area contributed by atoms with Gasteiger partial charge in [0, 0.05) is 5.54 Å². The zero-order chi connectivity index (χ0) is 16.4. The molecule has 1 aromatic carbocycles. The number of carbonyl (C=O) groups is 2. The molecule has 0 fully saturated rings. The standard InChI is InChI=1S/C14H17Cl2FN2O2/c1-7(12(20)19-14(2,3)4)18-13(21)8-5-11(17)10(16)6-9(8)15/h5-7H,1-4H3,(H,18,21)(H,19,20). The van der Waals surface area contributed by atoms with Gasteiger partial charge in [0.15, 0.2) is 0 Å². The van der Waals surface area contributed by atoms with Gasteiger partial charge in [-0.25, -0.2) is 4.39 Å². The van der Waals surface area contributed by atoms with Crippen LogP contribution >= 0.6 is 23.2 Å². The summed E-state index contributed by atoms with van der Waals surface area (Å²) in [4.78, 5) is 23.9. The summed E-state index contributed by atoms with van der Waals surface area (Å²) in [7, 11) is 0. The van der Waals surface area contributed by atoms with Crippen molar-refractivity contribution in [1.82, 2.24) is 10.6 Å². The Morgan fingerprint density at radius 1 is 1.19 bits per heavy atom. The Morgan fingerprint density at radius 2 is 1.76 bits per heavy atom. The van der Waals surface area contributed by atoms with Crippen molar-refractivity contribution in [2.24, 2.45) is 0 Å². The molecule has 1 rings (SSSR count). The van der Waals surface area contributed by atoms with E-state index < -0.39 is 23.3 Å². The van der Waals surface area contributed by atoms with Crippen molar-refractivity contribution in [1.29, 1.82) is 0 Å². The summed E-state index contributed by atoms with van der Waals surface area (Å²) >= 11 is 11.4. The van der Waals surface area contributed by atoms with Crippen LogP contribution in [0.25, 0.3) is 0 Å². The predicted molar refractivity (Wildman–Crippen MR) is 81.2 cm³/mol. The van der Waals surface area contributed by atoms with Crippen molar-refractivity contribution in [2.45, 2.75) is 39.3 Å². The molecule has 1 aromatic rings. The zero-order valence-corrected chi connectivity index (χ0v) is 13.7. The summed E-state index contributed by atoms with van der Waals surface area (Å²) in [5.74, 6) is -1.74. The van der Waals surface area contributed by atoms with E-state index in [4.69, 9.17) is 23.2 Å². The number of hydrogen-bond donors (Lipinski definition) is 2. The number of rotatable bonds is 3. The molecule has 2 amide bonds. The molecule has 0 aliphatic carbocycles. The van der Waals surface area contributed by atoms with Gasteiger partial charge in [0.25, 0.3) is 5.91 Å². The summed E-state index contributed by atoms with van der Waals surface area (Å²) in [5, 5.41) is 5.03. The number of halogens is 3. The van der Waals surface area contributed by atoms with E-state index in [0.717, 1.165) is 12.1 Å². The summed E-state index contributed by atoms with van der Waals surface area (Å²) in [6, 6.07) is 1.30. The molecule has 0 spiro atoms. The summed E-state index contributed by atoms with van der Waals surface area (Å²) in [6.07, 6.45) is 0. The molecular weight excluding hydrogens is 318 g/mol. The maximum Gasteiger partial charge on any atom is 0.253 e. The van der Waals surface area contributed by atoms with Crippen LogP contribution in [0, 0.1) is 5.82 Å². The van der Waals surface area contributed by atoms with Crippen molar-refractivity contribution in [3.8, 4) is 0 Å². The quantitative estimate of drug-likeness (QED) is 0.834. The maximum atomic E-state index is 13.4. The van der Waals surface area contributed by atoms with Gasteiger partial charge >= 0.3 is 0 Å². The van der Waals surface area contributed by atoms with Crippen LogP contribution < -0.4 is 10.6 Å². The lowest BCUT2D eigenvalue weighted by Gasteiger charge is -2.23. The molecular formula is C14H17Cl2FN2O2. The Balaban J connectivity index is 2.82. The molecule has 1 atom stereocenters. The normalized spacial score (nSPS) is 12.7. The highest BCUT2D eigenvalue weighted by atomic mass is 35.5. The molecule has 7 heteroatoms. The number of carbonyl (C=O) groups excluding carboxylic acids is 2. The molecule has 0 aliphatic rings. The molecule has 0 heterocycles. The van der Waals surface area contributed by atoms with Crippen molar-refractivity contribution in [2.75, 3.05) is 0 Å². The zero-order valence-electron chi connectivity index (χ0n) is 12.2. The molecule has 116 valence electrons. The lowest BCUT2D eigenvalue weighted by molar-refractivity contribution is -0.124. The van der Waals surface area contributed by atoms with Crippen LogP contribution in [0.1, 0.15) is 38.1 Å². The number of hydrogen-bond acceptors (Lipinski definition) is 2. The van der Waals surface area contributed by atoms with Crippen LogP contribution in [0.5, 0.6) is 0 Å². The highest BCUT2D eigenvalue weighted by Gasteiger charge is 2.22. The molecule has 0 saturated carbocycles. The van der Waals surface area contributed by atoms with Crippen LogP contribution in [0.4, 0.5) is 4.39 Å². The van der Waals surface area contributed by atoms with E-state index in [1.807, 2.05) is 20.8 Å². The average molecular weight is 335 g/mol. The molecule has 2 N–H and O–H groups in total. The predicted octanol–water partition coefficient (Wildman–Crippen LogP) is 3.17. The van der Waals surface area contributed by atoms with Gasteiger partial charge in [-0.15, -0.1) is 0 Å². The van der Waals surface area contributed by atoms with E-state index in [0.29, 0.717) is 0 Å². The van der Waals surface area contributed by atoms with E-state index in [-0.39, 0.29) is 21.5 Å². The van der Waals surface area contributed by atoms with Gasteiger partial charge in [0.05, 0.1) is 15.6 Å². The second-order valence-electron chi connectivity index (χ2n) is 5.68. The number of amides is 2. The van der Waals surface area contributed by atoms with Gasteiger partial charge in [-0.3, -0.25) is 9.59 Å². The Hall–Kier alpha value is -1.33. The molecule has 21 heavy (non-hydrogen) atoms. The van der Waals surface area contributed by atoms with E-state index >= 15 is 0 Å². The molecule has 0 aliphatic heterocycles. The topological polar surface area (TPSA) is 58.2 Å². The van der Waals surface area contributed by atoms with Crippen molar-refractivity contribution in [3.05, 3.63) is 33.6 Å². The number of benzene rings is 1. The van der Waals surface area contributed by atoms with Crippen LogP contribution in [-0.2, 0) is 4.79 Å². The second-order valence-corrected chi connectivity index (χ2v) is 6.49. The minimum atomic E-state index is -0.786. The molecule has 1 unspecified atom stereocenters. The largest absolute Gasteiger partial charge is 0.350 e. The van der Waals surface area contributed by atoms with Crippen LogP contribution in [0.3, 0.4) is 0 Å². The minimum Gasteiger partial charge on any atom is -0.350 e. The highest BCUT2D eigenvalue weighted by molar-refractivity contribution is 6.36. The fraction of sp³-hybridized carbons (Fsp3) is 0.429. The lowest BCUT2D eigenvalue weighted by Crippen LogP contribution is -2.50. The monoisotopic (exact) mass is 334 g/mol. The fourth-order valence-electron chi connectivity index (χ4n) is 1.51. The van der Waals surface area contributed by atoms with Gasteiger partial charge in [-0.2, -0.15) is 0 Å². The number of nitrogens with one attached hydrogen (secondary N) is 2. The molecule has 0 aromatic heterocycles. The van der Waals surface area contributed by atoms with Crippen molar-refractivity contribution in [3.63, 3.8) is 0 Å². The first-order valence-corrected chi connectivity index (χ1v) is 7.04. The molecule has 4 nitrogen and oxygen atoms in total. The van der Waals surface area contributed by atoms with Gasteiger partial charge in [0.2, 0.25) is 5.91 Å². The van der Waals surface area contributed by atoms with E-state index in [2.05, 4.69) is 10.6 Å². The van der Waals surface area contributed by atoms with Gasteiger partial charge in [-0.1, -0.05) is 23.2 Å². The SMILES string of the molecule is CC(NC(=O)c1cc(F)c(Cl)cc1Cl)C(=O)NC(C)(C)C. The van der Waals surface area contributed by atoms with E-state index in [9.17, 15) is 14.0 Å². The highest BCUT2D eigenvalue weighted by Crippen LogP contribution is 2.24. The van der Waals surface area contributed by atoms with E-state index in [1.165, 1.54) is 6.92 Å². The Morgan fingerprint density at radius 3 is 2.29 bits per heavy atom. The third-order valence-electron chi connectivity index (χ3n) is 2.49. The van der Waals surface area contributed by atoms with E-state index in [1.54, 1.807) is 0 Å². The first-order chi connectivity index (χ1) is 9.51. The molecule has 0 bridgehead atoms. The third kappa shape index (κ3) is 5.17. The van der Waals surface area contributed by atoms with Crippen LogP contribution in [0.2, 0.25) is 10.0 Å². The summed E-state index contributed by atoms with van der Waals surface area (Å²) in [6.45, 7) is 7.00. The first-order valence-electron chi connectivity index (χ1n) is 6.28. The second kappa shape index (κ2) is 6.62. The fourth-order valence-corrected chi connectivity index (χ4v) is 1.98. The maximum absolute atomic E-state index is 13.4. The minimum absolute atomic E-state index is 0.0160. The average Bonchev–Trinajstić information content (AvgIpc) is 2.31. The van der Waals surface area contributed by atoms with Gasteiger partial charge < -0.3 is 10.6 Å². The van der Waals surface area contributed by atoms with Crippen LogP contribution in [0.15, 0.2) is 12.1 Å². The van der Waals surface area contributed by atoms with Gasteiger partial charge in [-0.05, 0) is 39.8 Å². The molecule has 0 saturated heterocycles. The van der Waals surface area contributed by atoms with Crippen molar-refractivity contribution >= 4 is 35.0 Å². The summed E-state index contributed by atoms with van der Waals surface area (Å²) in [5.41, 5.74) is -0.492. The Labute approximate surface area is 133 Å². The smallest absolute Gasteiger partial charge is 0.253 e. The molecule has 0 radical (unpaired) electrons. The lowest BCUT2D eigenvalue weighted by atomic mass is 10.1. The first kappa shape index (κ1) is 17.7. The Bertz CT molecular complexity index is 571. The Kier molecular flexibility index (Phi) is 5.59. The van der Waals surface area contributed by atoms with Crippen LogP contribution in [-0.4, -0.2) is 23.4 Å². The van der Waals surface area contributed by atoms with Crippen molar-refractivity contribution < 1.29 is 14.0 Å². The third-order valence-corrected chi connectivity index (χ3v) is 3.10.